The van der Waals surface area contributed by atoms with E-state index < -0.39 is 16.7 Å². The van der Waals surface area contributed by atoms with E-state index in [9.17, 15) is 19.7 Å². The van der Waals surface area contributed by atoms with Gasteiger partial charge in [0, 0.05) is 17.8 Å². The lowest BCUT2D eigenvalue weighted by Crippen LogP contribution is -2.32. The van der Waals surface area contributed by atoms with Gasteiger partial charge >= 0.3 is 11.8 Å². The topological polar surface area (TPSA) is 114 Å². The van der Waals surface area contributed by atoms with E-state index in [1.54, 1.807) is 6.07 Å². The number of benzene rings is 2. The number of nitro groups is 1. The fraction of sp³-hybridized carbons (Fsp3) is 0.118. The number of non-ortho nitro benzene ring substituents is 1. The summed E-state index contributed by atoms with van der Waals surface area (Å²) in [6.07, 6.45) is 1.28. The van der Waals surface area contributed by atoms with Crippen LogP contribution in [0.1, 0.15) is 16.7 Å². The summed E-state index contributed by atoms with van der Waals surface area (Å²) in [5.41, 5.74) is 4.95. The molecule has 0 aliphatic rings. The monoisotopic (exact) mass is 340 g/mol. The summed E-state index contributed by atoms with van der Waals surface area (Å²) in [5, 5.41) is 16.7. The van der Waals surface area contributed by atoms with Gasteiger partial charge in [-0.05, 0) is 48.7 Å². The molecule has 0 aliphatic carbocycles. The highest BCUT2D eigenvalue weighted by atomic mass is 16.6. The molecule has 0 saturated carbocycles. The Morgan fingerprint density at radius 2 is 1.76 bits per heavy atom. The summed E-state index contributed by atoms with van der Waals surface area (Å²) in [7, 11) is 0. The Morgan fingerprint density at radius 3 is 2.40 bits per heavy atom. The second-order valence-corrected chi connectivity index (χ2v) is 5.32. The predicted molar refractivity (Wildman–Crippen MR) is 93.4 cm³/mol. The number of nitrogens with one attached hydrogen (secondary N) is 2. The minimum atomic E-state index is -0.918. The van der Waals surface area contributed by atoms with Crippen LogP contribution in [0.2, 0.25) is 0 Å². The van der Waals surface area contributed by atoms with E-state index >= 15 is 0 Å². The van der Waals surface area contributed by atoms with E-state index in [2.05, 4.69) is 15.8 Å². The van der Waals surface area contributed by atoms with Gasteiger partial charge in [-0.15, -0.1) is 0 Å². The highest BCUT2D eigenvalue weighted by molar-refractivity contribution is 6.39. The van der Waals surface area contributed by atoms with Gasteiger partial charge in [-0.3, -0.25) is 19.7 Å². The number of anilines is 1. The maximum absolute atomic E-state index is 11.9. The number of hydrogen-bond donors (Lipinski definition) is 2. The molecular formula is C17H16N4O4. The average Bonchev–Trinajstić information content (AvgIpc) is 2.58. The normalized spacial score (nSPS) is 10.5. The molecule has 128 valence electrons. The lowest BCUT2D eigenvalue weighted by atomic mass is 10.1. The molecule has 2 rings (SSSR count). The lowest BCUT2D eigenvalue weighted by Gasteiger charge is -2.08. The Labute approximate surface area is 143 Å². The van der Waals surface area contributed by atoms with Crippen LogP contribution in [-0.4, -0.2) is 23.0 Å². The molecule has 2 N–H and O–H groups in total. The van der Waals surface area contributed by atoms with Crippen molar-refractivity contribution in [2.45, 2.75) is 13.8 Å². The van der Waals surface area contributed by atoms with Crippen molar-refractivity contribution in [3.8, 4) is 0 Å². The predicted octanol–water partition coefficient (Wildman–Crippen LogP) is 2.30. The molecule has 0 aromatic heterocycles. The maximum Gasteiger partial charge on any atom is 0.329 e. The number of rotatable bonds is 4. The van der Waals surface area contributed by atoms with Gasteiger partial charge in [0.2, 0.25) is 0 Å². The van der Waals surface area contributed by atoms with Gasteiger partial charge in [0.15, 0.2) is 0 Å². The van der Waals surface area contributed by atoms with Gasteiger partial charge in [0.25, 0.3) is 5.69 Å². The summed E-state index contributed by atoms with van der Waals surface area (Å²) in [6.45, 7) is 3.70. The summed E-state index contributed by atoms with van der Waals surface area (Å²) >= 11 is 0. The molecule has 8 nitrogen and oxygen atoms in total. The molecule has 0 radical (unpaired) electrons. The van der Waals surface area contributed by atoms with E-state index in [0.717, 1.165) is 11.1 Å². The SMILES string of the molecule is Cc1ccc(C)c(NC(=O)C(=O)NN=Cc2ccc([N+](=O)[O-])cc2)c1. The van der Waals surface area contributed by atoms with E-state index in [1.807, 2.05) is 26.0 Å². The molecule has 0 unspecified atom stereocenters. The number of nitro benzene ring substituents is 1. The van der Waals surface area contributed by atoms with Gasteiger partial charge < -0.3 is 5.32 Å². The van der Waals surface area contributed by atoms with Crippen molar-refractivity contribution in [1.29, 1.82) is 0 Å². The minimum absolute atomic E-state index is 0.0471. The van der Waals surface area contributed by atoms with Gasteiger partial charge in [-0.25, -0.2) is 5.43 Å². The molecule has 0 fully saturated rings. The summed E-state index contributed by atoms with van der Waals surface area (Å²) in [5.74, 6) is -1.76. The molecule has 0 saturated heterocycles. The quantitative estimate of drug-likeness (QED) is 0.385. The van der Waals surface area contributed by atoms with Gasteiger partial charge in [0.1, 0.15) is 0 Å². The van der Waals surface area contributed by atoms with Crippen LogP contribution in [0, 0.1) is 24.0 Å². The molecule has 0 spiro atoms. The Morgan fingerprint density at radius 1 is 1.08 bits per heavy atom. The largest absolute Gasteiger partial charge is 0.329 e. The Hall–Kier alpha value is -3.55. The average molecular weight is 340 g/mol. The highest BCUT2D eigenvalue weighted by Crippen LogP contribution is 2.16. The zero-order valence-corrected chi connectivity index (χ0v) is 13.6. The first-order valence-electron chi connectivity index (χ1n) is 7.33. The molecule has 0 atom stereocenters. The van der Waals surface area contributed by atoms with Crippen molar-refractivity contribution in [2.75, 3.05) is 5.32 Å². The minimum Gasteiger partial charge on any atom is -0.317 e. The third-order valence-electron chi connectivity index (χ3n) is 3.33. The molecule has 2 aromatic rings. The number of aryl methyl sites for hydroxylation is 2. The van der Waals surface area contributed by atoms with Crippen molar-refractivity contribution in [3.63, 3.8) is 0 Å². The first-order chi connectivity index (χ1) is 11.9. The highest BCUT2D eigenvalue weighted by Gasteiger charge is 2.14. The smallest absolute Gasteiger partial charge is 0.317 e. The van der Waals surface area contributed by atoms with Crippen LogP contribution >= 0.6 is 0 Å². The van der Waals surface area contributed by atoms with Crippen LogP contribution < -0.4 is 10.7 Å². The molecule has 25 heavy (non-hydrogen) atoms. The van der Waals surface area contributed by atoms with Crippen LogP contribution in [-0.2, 0) is 9.59 Å². The second kappa shape index (κ2) is 7.82. The number of carbonyl (C=O) groups excluding carboxylic acids is 2. The van der Waals surface area contributed by atoms with Crippen LogP contribution in [0.5, 0.6) is 0 Å². The zero-order valence-electron chi connectivity index (χ0n) is 13.6. The van der Waals surface area contributed by atoms with Crippen LogP contribution in [0.25, 0.3) is 0 Å². The van der Waals surface area contributed by atoms with Crippen molar-refractivity contribution in [3.05, 3.63) is 69.3 Å². The van der Waals surface area contributed by atoms with Crippen molar-refractivity contribution in [2.24, 2.45) is 5.10 Å². The molecule has 0 heterocycles. The summed E-state index contributed by atoms with van der Waals surface area (Å²) in [6, 6.07) is 11.1. The molecule has 0 bridgehead atoms. The van der Waals surface area contributed by atoms with Gasteiger partial charge in [-0.1, -0.05) is 12.1 Å². The van der Waals surface area contributed by atoms with Crippen LogP contribution in [0.3, 0.4) is 0 Å². The van der Waals surface area contributed by atoms with Crippen molar-refractivity contribution < 1.29 is 14.5 Å². The number of carbonyl (C=O) groups is 2. The number of hydrogen-bond acceptors (Lipinski definition) is 5. The Kier molecular flexibility index (Phi) is 5.57. The van der Waals surface area contributed by atoms with E-state index in [-0.39, 0.29) is 5.69 Å². The van der Waals surface area contributed by atoms with E-state index in [1.165, 1.54) is 30.5 Å². The van der Waals surface area contributed by atoms with Gasteiger partial charge in [-0.2, -0.15) is 5.10 Å². The molecule has 2 amide bonds. The molecular weight excluding hydrogens is 324 g/mol. The Balaban J connectivity index is 1.93. The van der Waals surface area contributed by atoms with Crippen molar-refractivity contribution in [1.82, 2.24) is 5.43 Å². The van der Waals surface area contributed by atoms with Crippen LogP contribution in [0.15, 0.2) is 47.6 Å². The zero-order chi connectivity index (χ0) is 18.4. The summed E-state index contributed by atoms with van der Waals surface area (Å²) < 4.78 is 0. The van der Waals surface area contributed by atoms with E-state index in [4.69, 9.17) is 0 Å². The fourth-order valence-electron chi connectivity index (χ4n) is 1.95. The fourth-order valence-corrected chi connectivity index (χ4v) is 1.95. The van der Waals surface area contributed by atoms with Crippen LogP contribution in [0.4, 0.5) is 11.4 Å². The summed E-state index contributed by atoms with van der Waals surface area (Å²) in [4.78, 5) is 33.7. The number of amides is 2. The van der Waals surface area contributed by atoms with E-state index in [0.29, 0.717) is 11.3 Å². The second-order valence-electron chi connectivity index (χ2n) is 5.32. The van der Waals surface area contributed by atoms with Gasteiger partial charge in [0.05, 0.1) is 11.1 Å². The standard InChI is InChI=1S/C17H16N4O4/c1-11-3-4-12(2)15(9-11)19-16(22)17(23)20-18-10-13-5-7-14(8-6-13)21(24)25/h3-10H,1-2H3,(H,19,22)(H,20,23). The molecule has 0 aliphatic heterocycles. The molecule has 8 heteroatoms. The number of hydrazone groups is 1. The first kappa shape index (κ1) is 17.8. The third-order valence-corrected chi connectivity index (χ3v) is 3.33. The lowest BCUT2D eigenvalue weighted by molar-refractivity contribution is -0.384. The third kappa shape index (κ3) is 4.96. The first-order valence-corrected chi connectivity index (χ1v) is 7.33. The number of nitrogens with zero attached hydrogens (tertiary/aromatic N) is 2. The maximum atomic E-state index is 11.9. The van der Waals surface area contributed by atoms with Crippen molar-refractivity contribution >= 4 is 29.4 Å². The molecule has 2 aromatic carbocycles. The Bertz CT molecular complexity index is 844.